The summed E-state index contributed by atoms with van der Waals surface area (Å²) in [4.78, 5) is 14.5. The van der Waals surface area contributed by atoms with E-state index in [-0.39, 0.29) is 41.8 Å². The van der Waals surface area contributed by atoms with Crippen LogP contribution in [0.1, 0.15) is 65.4 Å². The zero-order chi connectivity index (χ0) is 26.5. The second-order valence-electron chi connectivity index (χ2n) is 10.6. The van der Waals surface area contributed by atoms with Gasteiger partial charge in [-0.1, -0.05) is 45.5 Å². The number of nitrogens with zero attached hydrogens (tertiary/aromatic N) is 2. The maximum Gasteiger partial charge on any atom is 0.317 e. The van der Waals surface area contributed by atoms with Gasteiger partial charge < -0.3 is 20.1 Å². The number of rotatable bonds is 6. The van der Waals surface area contributed by atoms with Crippen LogP contribution in [0.15, 0.2) is 23.1 Å². The minimum atomic E-state index is -3.91. The van der Waals surface area contributed by atoms with Gasteiger partial charge in [0.05, 0.1) is 13.2 Å². The second-order valence-corrected chi connectivity index (χ2v) is 12.5. The molecule has 1 heterocycles. The Morgan fingerprint density at radius 2 is 1.97 bits per heavy atom. The number of hydrogen-bond acceptors (Lipinski definition) is 5. The average Bonchev–Trinajstić information content (AvgIpc) is 3.33. The molecule has 0 aromatic heterocycles. The van der Waals surface area contributed by atoms with Gasteiger partial charge in [-0.25, -0.2) is 13.2 Å². The van der Waals surface area contributed by atoms with E-state index in [1.54, 1.807) is 31.0 Å². The molecule has 200 valence electrons. The fraction of sp³-hybridized carbons (Fsp3) is 0.667. The van der Waals surface area contributed by atoms with E-state index >= 15 is 0 Å². The quantitative estimate of drug-likeness (QED) is 0.561. The molecule has 1 aromatic rings. The summed E-state index contributed by atoms with van der Waals surface area (Å²) in [6, 6.07) is 4.35. The van der Waals surface area contributed by atoms with E-state index in [9.17, 15) is 18.3 Å². The van der Waals surface area contributed by atoms with E-state index in [0.29, 0.717) is 18.0 Å². The lowest BCUT2D eigenvalue weighted by atomic mass is 10.0. The Morgan fingerprint density at radius 3 is 2.61 bits per heavy atom. The van der Waals surface area contributed by atoms with Crippen molar-refractivity contribution in [2.75, 3.05) is 26.7 Å². The Kier molecular flexibility index (Phi) is 9.67. The van der Waals surface area contributed by atoms with Crippen molar-refractivity contribution in [2.24, 2.45) is 11.8 Å². The minimum absolute atomic E-state index is 0.0483. The highest BCUT2D eigenvalue weighted by atomic mass is 32.2. The Bertz CT molecular complexity index is 1070. The molecule has 1 fully saturated rings. The van der Waals surface area contributed by atoms with Gasteiger partial charge in [0.1, 0.15) is 16.7 Å². The van der Waals surface area contributed by atoms with E-state index in [1.807, 2.05) is 6.92 Å². The molecule has 1 aromatic carbocycles. The van der Waals surface area contributed by atoms with Gasteiger partial charge in [0, 0.05) is 43.6 Å². The normalized spacial score (nSPS) is 23.0. The van der Waals surface area contributed by atoms with Crippen LogP contribution in [-0.2, 0) is 10.0 Å². The molecule has 0 saturated heterocycles. The average molecular weight is 520 g/mol. The number of ether oxygens (including phenoxy) is 1. The third-order valence-corrected chi connectivity index (χ3v) is 8.91. The summed E-state index contributed by atoms with van der Waals surface area (Å²) in [5, 5.41) is 12.9. The Labute approximate surface area is 216 Å². The first-order valence-corrected chi connectivity index (χ1v) is 14.4. The molecule has 1 aliphatic heterocycles. The van der Waals surface area contributed by atoms with Gasteiger partial charge >= 0.3 is 6.03 Å². The molecule has 2 amide bonds. The van der Waals surface area contributed by atoms with Gasteiger partial charge in [0.15, 0.2) is 0 Å². The summed E-state index contributed by atoms with van der Waals surface area (Å²) in [6.07, 6.45) is 4.53. The number of amides is 2. The number of sulfonamides is 1. The zero-order valence-corrected chi connectivity index (χ0v) is 23.0. The molecular formula is C27H41N3O5S. The Hall–Kier alpha value is -2.28. The molecule has 3 rings (SSSR count). The molecule has 0 radical (unpaired) electrons. The van der Waals surface area contributed by atoms with Crippen LogP contribution in [0.4, 0.5) is 4.79 Å². The van der Waals surface area contributed by atoms with Crippen LogP contribution >= 0.6 is 0 Å². The Morgan fingerprint density at radius 1 is 1.28 bits per heavy atom. The van der Waals surface area contributed by atoms with Crippen molar-refractivity contribution in [3.8, 4) is 17.6 Å². The Balaban J connectivity index is 1.93. The zero-order valence-electron chi connectivity index (χ0n) is 22.2. The van der Waals surface area contributed by atoms with Crippen molar-refractivity contribution in [1.82, 2.24) is 14.5 Å². The first kappa shape index (κ1) is 28.3. The molecule has 2 N–H and O–H groups in total. The van der Waals surface area contributed by atoms with E-state index < -0.39 is 22.2 Å². The molecule has 36 heavy (non-hydrogen) atoms. The molecule has 0 spiro atoms. The van der Waals surface area contributed by atoms with Crippen molar-refractivity contribution < 1.29 is 23.1 Å². The lowest BCUT2D eigenvalue weighted by Crippen LogP contribution is -2.51. The van der Waals surface area contributed by atoms with E-state index in [4.69, 9.17) is 4.74 Å². The van der Waals surface area contributed by atoms with Gasteiger partial charge in [0.2, 0.25) is 10.0 Å². The first-order valence-electron chi connectivity index (χ1n) is 13.0. The summed E-state index contributed by atoms with van der Waals surface area (Å²) in [7, 11) is -2.18. The third kappa shape index (κ3) is 6.93. The topological polar surface area (TPSA) is 99.2 Å². The van der Waals surface area contributed by atoms with E-state index in [2.05, 4.69) is 31.0 Å². The van der Waals surface area contributed by atoms with Crippen LogP contribution in [-0.4, -0.2) is 73.7 Å². The highest BCUT2D eigenvalue weighted by molar-refractivity contribution is 7.89. The van der Waals surface area contributed by atoms with Gasteiger partial charge in [-0.2, -0.15) is 4.31 Å². The minimum Gasteiger partial charge on any atom is -0.487 e. The van der Waals surface area contributed by atoms with Gasteiger partial charge in [-0.3, -0.25) is 0 Å². The van der Waals surface area contributed by atoms with Crippen LogP contribution in [0.5, 0.6) is 5.75 Å². The van der Waals surface area contributed by atoms with Crippen LogP contribution < -0.4 is 10.1 Å². The molecule has 2 aliphatic rings. The van der Waals surface area contributed by atoms with Crippen molar-refractivity contribution >= 4 is 16.1 Å². The van der Waals surface area contributed by atoms with Crippen molar-refractivity contribution in [1.29, 1.82) is 0 Å². The number of aliphatic hydroxyl groups excluding tert-OH is 1. The standard InChI is InChI=1S/C27H41N3O5S/c1-19(2)9-8-10-22-13-14-26-24(15-22)35-25(17-29(5)27(32)28-23-11-6-7-12-23)20(3)16-30(21(4)18-31)36(26,33)34/h13-15,19-21,23,25,31H,6-7,9,11-12,16-18H2,1-5H3,(H,28,32)/t20-,21+,25-/m0/s1. The van der Waals surface area contributed by atoms with Gasteiger partial charge in [-0.05, 0) is 43.9 Å². The lowest BCUT2D eigenvalue weighted by Gasteiger charge is -2.37. The maximum atomic E-state index is 13.6. The van der Waals surface area contributed by atoms with Crippen molar-refractivity contribution in [2.45, 2.75) is 82.9 Å². The number of carbonyl (C=O) groups excluding carboxylic acids is 1. The van der Waals surface area contributed by atoms with Crippen molar-refractivity contribution in [3.05, 3.63) is 23.8 Å². The highest BCUT2D eigenvalue weighted by Crippen LogP contribution is 2.34. The summed E-state index contributed by atoms with van der Waals surface area (Å²) in [5.74, 6) is 6.66. The fourth-order valence-corrected chi connectivity index (χ4v) is 6.41. The highest BCUT2D eigenvalue weighted by Gasteiger charge is 2.38. The SMILES string of the molecule is CC(C)CC#Cc1ccc2c(c1)O[C@@H](CN(C)C(=O)NC1CCCC1)[C@@H](C)CN([C@H](C)CO)S2(=O)=O. The number of fused-ring (bicyclic) bond motifs is 1. The van der Waals surface area contributed by atoms with Crippen LogP contribution in [0, 0.1) is 23.7 Å². The number of nitrogens with one attached hydrogen (secondary N) is 1. The predicted octanol–water partition coefficient (Wildman–Crippen LogP) is 3.44. The maximum absolute atomic E-state index is 13.6. The largest absolute Gasteiger partial charge is 0.487 e. The number of hydrogen-bond donors (Lipinski definition) is 2. The summed E-state index contributed by atoms with van der Waals surface area (Å²) in [6.45, 7) is 7.95. The number of aliphatic hydroxyl groups is 1. The summed E-state index contributed by atoms with van der Waals surface area (Å²) in [5.41, 5.74) is 0.672. The molecule has 9 heteroatoms. The molecule has 0 bridgehead atoms. The van der Waals surface area contributed by atoms with Gasteiger partial charge in [0.25, 0.3) is 0 Å². The third-order valence-electron chi connectivity index (χ3n) is 6.89. The number of benzene rings is 1. The van der Waals surface area contributed by atoms with E-state index in [0.717, 1.165) is 32.1 Å². The van der Waals surface area contributed by atoms with Crippen LogP contribution in [0.2, 0.25) is 0 Å². The molecule has 1 saturated carbocycles. The molecule has 8 nitrogen and oxygen atoms in total. The number of carbonyl (C=O) groups is 1. The number of urea groups is 1. The second kappa shape index (κ2) is 12.3. The molecule has 3 atom stereocenters. The monoisotopic (exact) mass is 519 g/mol. The van der Waals surface area contributed by atoms with Crippen LogP contribution in [0.3, 0.4) is 0 Å². The first-order chi connectivity index (χ1) is 17.0. The summed E-state index contributed by atoms with van der Waals surface area (Å²) >= 11 is 0. The number of likely N-dealkylation sites (N-methyl/N-ethyl adjacent to an activating group) is 1. The van der Waals surface area contributed by atoms with Gasteiger partial charge in [-0.15, -0.1) is 0 Å². The molecular weight excluding hydrogens is 478 g/mol. The molecule has 0 unspecified atom stereocenters. The fourth-order valence-electron chi connectivity index (χ4n) is 4.59. The van der Waals surface area contributed by atoms with Crippen molar-refractivity contribution in [3.63, 3.8) is 0 Å². The lowest BCUT2D eigenvalue weighted by molar-refractivity contribution is 0.0808. The summed E-state index contributed by atoms with van der Waals surface area (Å²) < 4.78 is 34.9. The van der Waals surface area contributed by atoms with Crippen LogP contribution in [0.25, 0.3) is 0 Å². The van der Waals surface area contributed by atoms with E-state index in [1.165, 1.54) is 10.4 Å². The predicted molar refractivity (Wildman–Crippen MR) is 140 cm³/mol. The molecule has 1 aliphatic carbocycles. The smallest absolute Gasteiger partial charge is 0.317 e.